The summed E-state index contributed by atoms with van der Waals surface area (Å²) in [4.78, 5) is 0. The van der Waals surface area contributed by atoms with Crippen LogP contribution in [0.3, 0.4) is 0 Å². The summed E-state index contributed by atoms with van der Waals surface area (Å²) >= 11 is 0. The lowest BCUT2D eigenvalue weighted by Gasteiger charge is -2.38. The molecule has 2 nitrogen and oxygen atoms in total. The lowest BCUT2D eigenvalue weighted by atomic mass is 9.75. The molecule has 0 spiro atoms. The Hall–Kier alpha value is -0.0800. The van der Waals surface area contributed by atoms with Gasteiger partial charge in [0.25, 0.3) is 0 Å². The molecule has 2 heteroatoms. The number of nitrogens with one attached hydrogen (secondary N) is 1. The fraction of sp³-hybridized carbons (Fsp3) is 1.00. The van der Waals surface area contributed by atoms with E-state index in [0.717, 1.165) is 19.6 Å². The highest BCUT2D eigenvalue weighted by Crippen LogP contribution is 2.30. The van der Waals surface area contributed by atoms with Gasteiger partial charge in [0.1, 0.15) is 0 Å². The van der Waals surface area contributed by atoms with Crippen molar-refractivity contribution < 1.29 is 0 Å². The van der Waals surface area contributed by atoms with E-state index in [0.29, 0.717) is 11.3 Å². The van der Waals surface area contributed by atoms with Gasteiger partial charge in [-0.25, -0.2) is 0 Å². The minimum atomic E-state index is 0.410. The second-order valence-electron chi connectivity index (χ2n) is 3.89. The van der Waals surface area contributed by atoms with Crippen molar-refractivity contribution >= 4 is 0 Å². The Kier molecular flexibility index (Phi) is 2.32. The van der Waals surface area contributed by atoms with E-state index >= 15 is 0 Å². The van der Waals surface area contributed by atoms with Crippen LogP contribution in [0.5, 0.6) is 0 Å². The minimum absolute atomic E-state index is 0.410. The van der Waals surface area contributed by atoms with E-state index < -0.39 is 0 Å². The Morgan fingerprint density at radius 3 is 2.70 bits per heavy atom. The van der Waals surface area contributed by atoms with Gasteiger partial charge in [-0.2, -0.15) is 0 Å². The summed E-state index contributed by atoms with van der Waals surface area (Å²) in [5, 5.41) is 3.38. The van der Waals surface area contributed by atoms with E-state index in [4.69, 9.17) is 5.73 Å². The number of rotatable bonds is 1. The molecule has 60 valence electrons. The summed E-state index contributed by atoms with van der Waals surface area (Å²) in [6.07, 6.45) is 1.24. The van der Waals surface area contributed by atoms with Crippen molar-refractivity contribution in [1.82, 2.24) is 5.32 Å². The van der Waals surface area contributed by atoms with Gasteiger partial charge in [-0.3, -0.25) is 0 Å². The van der Waals surface area contributed by atoms with E-state index in [-0.39, 0.29) is 0 Å². The molecular weight excluding hydrogens is 124 g/mol. The highest BCUT2D eigenvalue weighted by Gasteiger charge is 2.30. The average molecular weight is 142 g/mol. The normalized spacial score (nSPS) is 32.1. The number of nitrogens with two attached hydrogens (primary N) is 1. The van der Waals surface area contributed by atoms with Crippen molar-refractivity contribution in [2.24, 2.45) is 17.1 Å². The molecular formula is C8H18N2. The third-order valence-corrected chi connectivity index (χ3v) is 2.64. The van der Waals surface area contributed by atoms with Gasteiger partial charge in [0.15, 0.2) is 0 Å². The molecule has 1 unspecified atom stereocenters. The van der Waals surface area contributed by atoms with Crippen molar-refractivity contribution in [1.29, 1.82) is 0 Å². The van der Waals surface area contributed by atoms with Gasteiger partial charge in [-0.15, -0.1) is 0 Å². The summed E-state index contributed by atoms with van der Waals surface area (Å²) in [5.74, 6) is 0.716. The molecule has 0 saturated carbocycles. The van der Waals surface area contributed by atoms with E-state index in [1.54, 1.807) is 0 Å². The SMILES string of the molecule is CC1(C)CNCCC1CN. The lowest BCUT2D eigenvalue weighted by molar-refractivity contribution is 0.162. The molecule has 0 aromatic rings. The predicted molar refractivity (Wildman–Crippen MR) is 43.8 cm³/mol. The van der Waals surface area contributed by atoms with Crippen LogP contribution in [-0.4, -0.2) is 19.6 Å². The second-order valence-corrected chi connectivity index (χ2v) is 3.89. The quantitative estimate of drug-likeness (QED) is 0.562. The Morgan fingerprint density at radius 1 is 1.60 bits per heavy atom. The molecule has 1 aliphatic rings. The van der Waals surface area contributed by atoms with Gasteiger partial charge in [-0.1, -0.05) is 13.8 Å². The second kappa shape index (κ2) is 2.89. The Labute approximate surface area is 63.2 Å². The largest absolute Gasteiger partial charge is 0.330 e. The van der Waals surface area contributed by atoms with Crippen LogP contribution in [0.1, 0.15) is 20.3 Å². The maximum absolute atomic E-state index is 5.65. The van der Waals surface area contributed by atoms with Gasteiger partial charge in [0.2, 0.25) is 0 Å². The standard InChI is InChI=1S/C8H18N2/c1-8(2)6-10-4-3-7(8)5-9/h7,10H,3-6,9H2,1-2H3. The Bertz CT molecular complexity index is 110. The maximum Gasteiger partial charge on any atom is 0.000566 e. The average Bonchev–Trinajstić information content (AvgIpc) is 1.87. The molecule has 10 heavy (non-hydrogen) atoms. The van der Waals surface area contributed by atoms with Gasteiger partial charge in [-0.05, 0) is 30.8 Å². The van der Waals surface area contributed by atoms with E-state index in [1.165, 1.54) is 6.42 Å². The number of hydrogen-bond acceptors (Lipinski definition) is 2. The summed E-state index contributed by atoms with van der Waals surface area (Å²) < 4.78 is 0. The molecule has 1 fully saturated rings. The topological polar surface area (TPSA) is 38.0 Å². The van der Waals surface area contributed by atoms with Crippen LogP contribution in [0.15, 0.2) is 0 Å². The molecule has 3 N–H and O–H groups in total. The van der Waals surface area contributed by atoms with Gasteiger partial charge in [0, 0.05) is 6.54 Å². The molecule has 1 aliphatic heterocycles. The molecule has 0 aliphatic carbocycles. The Balaban J connectivity index is 2.51. The summed E-state index contributed by atoms with van der Waals surface area (Å²) in [7, 11) is 0. The van der Waals surface area contributed by atoms with Crippen LogP contribution in [0.4, 0.5) is 0 Å². The molecule has 1 rings (SSSR count). The molecule has 0 aromatic carbocycles. The molecule has 0 aromatic heterocycles. The molecule has 0 bridgehead atoms. The van der Waals surface area contributed by atoms with E-state index in [1.807, 2.05) is 0 Å². The maximum atomic E-state index is 5.65. The third kappa shape index (κ3) is 1.50. The molecule has 0 radical (unpaired) electrons. The van der Waals surface area contributed by atoms with Crippen molar-refractivity contribution in [2.75, 3.05) is 19.6 Å². The van der Waals surface area contributed by atoms with Crippen molar-refractivity contribution in [3.8, 4) is 0 Å². The van der Waals surface area contributed by atoms with E-state index in [2.05, 4.69) is 19.2 Å². The molecule has 0 amide bonds. The van der Waals surface area contributed by atoms with Gasteiger partial charge in [0.05, 0.1) is 0 Å². The number of piperidine rings is 1. The summed E-state index contributed by atoms with van der Waals surface area (Å²) in [6.45, 7) is 7.68. The zero-order chi connectivity index (χ0) is 7.61. The monoisotopic (exact) mass is 142 g/mol. The van der Waals surface area contributed by atoms with Crippen LogP contribution >= 0.6 is 0 Å². The smallest absolute Gasteiger partial charge is 0.000566 e. The van der Waals surface area contributed by atoms with Gasteiger partial charge >= 0.3 is 0 Å². The fourth-order valence-electron chi connectivity index (χ4n) is 1.66. The highest BCUT2D eigenvalue weighted by molar-refractivity contribution is 4.85. The molecule has 1 heterocycles. The van der Waals surface area contributed by atoms with Crippen LogP contribution in [0.2, 0.25) is 0 Å². The van der Waals surface area contributed by atoms with Crippen molar-refractivity contribution in [2.45, 2.75) is 20.3 Å². The fourth-order valence-corrected chi connectivity index (χ4v) is 1.66. The van der Waals surface area contributed by atoms with Crippen LogP contribution < -0.4 is 11.1 Å². The minimum Gasteiger partial charge on any atom is -0.330 e. The van der Waals surface area contributed by atoms with E-state index in [9.17, 15) is 0 Å². The third-order valence-electron chi connectivity index (χ3n) is 2.64. The predicted octanol–water partition coefficient (Wildman–Crippen LogP) is 0.581. The van der Waals surface area contributed by atoms with Crippen LogP contribution in [0, 0.1) is 11.3 Å². The first-order valence-corrected chi connectivity index (χ1v) is 4.07. The lowest BCUT2D eigenvalue weighted by Crippen LogP contribution is -2.45. The zero-order valence-electron chi connectivity index (χ0n) is 6.98. The van der Waals surface area contributed by atoms with Crippen LogP contribution in [0.25, 0.3) is 0 Å². The number of hydrogen-bond donors (Lipinski definition) is 2. The first-order valence-electron chi connectivity index (χ1n) is 4.07. The molecule has 1 saturated heterocycles. The van der Waals surface area contributed by atoms with Gasteiger partial charge < -0.3 is 11.1 Å². The van der Waals surface area contributed by atoms with Crippen molar-refractivity contribution in [3.05, 3.63) is 0 Å². The molecule has 1 atom stereocenters. The van der Waals surface area contributed by atoms with Crippen LogP contribution in [-0.2, 0) is 0 Å². The Morgan fingerprint density at radius 2 is 2.30 bits per heavy atom. The first kappa shape index (κ1) is 8.02. The first-order chi connectivity index (χ1) is 4.67. The summed E-state index contributed by atoms with van der Waals surface area (Å²) in [6, 6.07) is 0. The summed E-state index contributed by atoms with van der Waals surface area (Å²) in [5.41, 5.74) is 6.06. The highest BCUT2D eigenvalue weighted by atomic mass is 14.9. The zero-order valence-corrected chi connectivity index (χ0v) is 6.98. The van der Waals surface area contributed by atoms with Crippen molar-refractivity contribution in [3.63, 3.8) is 0 Å².